The Balaban J connectivity index is 1.56. The third kappa shape index (κ3) is 2.99. The molecular formula is C20H22ClN3O. The highest BCUT2D eigenvalue weighted by atomic mass is 35.5. The zero-order valence-electron chi connectivity index (χ0n) is 14.4. The first-order valence-corrected chi connectivity index (χ1v) is 9.29. The number of benzene rings is 1. The maximum absolute atomic E-state index is 13.3. The fourth-order valence-corrected chi connectivity index (χ4v) is 4.32. The molecule has 25 heavy (non-hydrogen) atoms. The van der Waals surface area contributed by atoms with Crippen LogP contribution < -0.4 is 9.80 Å². The summed E-state index contributed by atoms with van der Waals surface area (Å²) in [7, 11) is 0. The van der Waals surface area contributed by atoms with E-state index in [4.69, 9.17) is 11.6 Å². The Labute approximate surface area is 153 Å². The summed E-state index contributed by atoms with van der Waals surface area (Å²) in [5, 5.41) is 0.649. The largest absolute Gasteiger partial charge is 0.355 e. The van der Waals surface area contributed by atoms with Crippen molar-refractivity contribution in [1.29, 1.82) is 0 Å². The van der Waals surface area contributed by atoms with Gasteiger partial charge >= 0.3 is 0 Å². The van der Waals surface area contributed by atoms with Gasteiger partial charge in [0.2, 0.25) is 5.91 Å². The van der Waals surface area contributed by atoms with E-state index in [2.05, 4.69) is 28.9 Å². The van der Waals surface area contributed by atoms with Crippen molar-refractivity contribution in [2.45, 2.75) is 32.2 Å². The molecule has 4 rings (SSSR count). The third-order valence-electron chi connectivity index (χ3n) is 5.25. The van der Waals surface area contributed by atoms with Crippen LogP contribution in [-0.2, 0) is 11.2 Å². The number of halogens is 1. The number of anilines is 2. The highest BCUT2D eigenvalue weighted by Crippen LogP contribution is 2.35. The molecule has 1 aromatic carbocycles. The Hall–Kier alpha value is -2.07. The second kappa shape index (κ2) is 6.68. The van der Waals surface area contributed by atoms with Crippen LogP contribution in [0.5, 0.6) is 0 Å². The maximum Gasteiger partial charge on any atom is 0.232 e. The molecule has 2 unspecified atom stereocenters. The van der Waals surface area contributed by atoms with Gasteiger partial charge in [-0.05, 0) is 49.9 Å². The zero-order chi connectivity index (χ0) is 17.4. The molecular weight excluding hydrogens is 334 g/mol. The molecule has 4 nitrogen and oxygen atoms in total. The van der Waals surface area contributed by atoms with Crippen LogP contribution in [0.1, 0.15) is 25.3 Å². The first-order valence-electron chi connectivity index (χ1n) is 8.91. The van der Waals surface area contributed by atoms with E-state index in [0.717, 1.165) is 37.3 Å². The lowest BCUT2D eigenvalue weighted by Gasteiger charge is -2.36. The number of pyridine rings is 1. The molecule has 0 N–H and O–H groups in total. The van der Waals surface area contributed by atoms with Crippen molar-refractivity contribution >= 4 is 29.0 Å². The fourth-order valence-electron chi connectivity index (χ4n) is 4.08. The van der Waals surface area contributed by atoms with Crippen LogP contribution in [0.25, 0.3) is 0 Å². The molecule has 130 valence electrons. The number of para-hydroxylation sites is 1. The van der Waals surface area contributed by atoms with Crippen LogP contribution in [0.2, 0.25) is 5.02 Å². The molecule has 1 aromatic heterocycles. The molecule has 5 heteroatoms. The number of carbonyl (C=O) groups is 1. The molecule has 0 aliphatic carbocycles. The van der Waals surface area contributed by atoms with Crippen molar-refractivity contribution in [2.75, 3.05) is 22.9 Å². The second-order valence-corrected chi connectivity index (χ2v) is 7.39. The Morgan fingerprint density at radius 3 is 2.92 bits per heavy atom. The monoisotopic (exact) mass is 355 g/mol. The molecule has 2 aliphatic heterocycles. The molecule has 2 aliphatic rings. The van der Waals surface area contributed by atoms with Gasteiger partial charge in [0.25, 0.3) is 0 Å². The van der Waals surface area contributed by atoms with E-state index >= 15 is 0 Å². The fraction of sp³-hybridized carbons (Fsp3) is 0.400. The quantitative estimate of drug-likeness (QED) is 0.819. The lowest BCUT2D eigenvalue weighted by atomic mass is 9.96. The van der Waals surface area contributed by atoms with E-state index in [1.54, 1.807) is 6.20 Å². The van der Waals surface area contributed by atoms with Gasteiger partial charge in [0.05, 0.1) is 10.9 Å². The number of hydrogen-bond acceptors (Lipinski definition) is 3. The summed E-state index contributed by atoms with van der Waals surface area (Å²) in [5.41, 5.74) is 2.34. The zero-order valence-corrected chi connectivity index (χ0v) is 15.1. The molecule has 1 saturated heterocycles. The molecule has 1 amide bonds. The van der Waals surface area contributed by atoms with Crippen LogP contribution >= 0.6 is 11.6 Å². The Morgan fingerprint density at radius 2 is 2.08 bits per heavy atom. The number of hydrogen-bond donors (Lipinski definition) is 0. The lowest BCUT2D eigenvalue weighted by Crippen LogP contribution is -2.47. The van der Waals surface area contributed by atoms with Crippen molar-refractivity contribution < 1.29 is 4.79 Å². The van der Waals surface area contributed by atoms with Crippen LogP contribution in [-0.4, -0.2) is 30.0 Å². The number of piperidine rings is 1. The molecule has 0 radical (unpaired) electrons. The standard InChI is InChI=1S/C20H22ClN3O/c1-14-12-15-6-2-3-9-18(15)24(14)20(25)16-7-5-11-23(13-16)19-17(21)8-4-10-22-19/h2-4,6,8-10,14,16H,5,7,11-13H2,1H3. The highest BCUT2D eigenvalue weighted by molar-refractivity contribution is 6.32. The molecule has 0 bridgehead atoms. The van der Waals surface area contributed by atoms with Gasteiger partial charge in [0.1, 0.15) is 5.82 Å². The van der Waals surface area contributed by atoms with Crippen molar-refractivity contribution in [3.05, 3.63) is 53.2 Å². The average Bonchev–Trinajstić information content (AvgIpc) is 2.97. The van der Waals surface area contributed by atoms with E-state index in [9.17, 15) is 4.79 Å². The van der Waals surface area contributed by atoms with E-state index in [0.29, 0.717) is 11.6 Å². The summed E-state index contributed by atoms with van der Waals surface area (Å²) in [6, 6.07) is 12.2. The van der Waals surface area contributed by atoms with Gasteiger partial charge in [-0.2, -0.15) is 0 Å². The maximum atomic E-state index is 13.3. The SMILES string of the molecule is CC1Cc2ccccc2N1C(=O)C1CCCN(c2ncccc2Cl)C1. The number of aromatic nitrogens is 1. The highest BCUT2D eigenvalue weighted by Gasteiger charge is 2.36. The molecule has 3 heterocycles. The van der Waals surface area contributed by atoms with Crippen LogP contribution in [0, 0.1) is 5.92 Å². The first kappa shape index (κ1) is 16.4. The normalized spacial score (nSPS) is 22.8. The van der Waals surface area contributed by atoms with E-state index < -0.39 is 0 Å². The van der Waals surface area contributed by atoms with Crippen LogP contribution in [0.4, 0.5) is 11.5 Å². The Morgan fingerprint density at radius 1 is 1.24 bits per heavy atom. The van der Waals surface area contributed by atoms with Crippen molar-refractivity contribution in [3.8, 4) is 0 Å². The molecule has 0 spiro atoms. The lowest BCUT2D eigenvalue weighted by molar-refractivity contribution is -0.122. The van der Waals surface area contributed by atoms with Crippen LogP contribution in [0.15, 0.2) is 42.6 Å². The van der Waals surface area contributed by atoms with E-state index in [-0.39, 0.29) is 17.9 Å². The topological polar surface area (TPSA) is 36.4 Å². The van der Waals surface area contributed by atoms with Crippen molar-refractivity contribution in [2.24, 2.45) is 5.92 Å². The van der Waals surface area contributed by atoms with Gasteiger partial charge in [-0.25, -0.2) is 4.98 Å². The van der Waals surface area contributed by atoms with Crippen LogP contribution in [0.3, 0.4) is 0 Å². The minimum Gasteiger partial charge on any atom is -0.355 e. The molecule has 1 fully saturated rings. The number of fused-ring (bicyclic) bond motifs is 1. The van der Waals surface area contributed by atoms with Gasteiger partial charge in [-0.15, -0.1) is 0 Å². The van der Waals surface area contributed by atoms with Gasteiger partial charge in [0, 0.05) is 31.0 Å². The summed E-state index contributed by atoms with van der Waals surface area (Å²) < 4.78 is 0. The number of amides is 1. The summed E-state index contributed by atoms with van der Waals surface area (Å²) >= 11 is 6.30. The van der Waals surface area contributed by atoms with Gasteiger partial charge in [-0.3, -0.25) is 4.79 Å². The predicted octanol–water partition coefficient (Wildman–Crippen LogP) is 3.93. The first-order chi connectivity index (χ1) is 12.1. The summed E-state index contributed by atoms with van der Waals surface area (Å²) in [4.78, 5) is 21.9. The van der Waals surface area contributed by atoms with Gasteiger partial charge in [-0.1, -0.05) is 29.8 Å². The van der Waals surface area contributed by atoms with E-state index in [1.165, 1.54) is 5.56 Å². The molecule has 2 atom stereocenters. The summed E-state index contributed by atoms with van der Waals surface area (Å²) in [6.45, 7) is 3.71. The molecule has 2 aromatic rings. The number of nitrogens with zero attached hydrogens (tertiary/aromatic N) is 3. The molecule has 0 saturated carbocycles. The van der Waals surface area contributed by atoms with Gasteiger partial charge in [0.15, 0.2) is 0 Å². The average molecular weight is 356 g/mol. The summed E-state index contributed by atoms with van der Waals surface area (Å²) in [6.07, 6.45) is 4.59. The summed E-state index contributed by atoms with van der Waals surface area (Å²) in [5.74, 6) is 1.01. The Bertz CT molecular complexity index is 794. The third-order valence-corrected chi connectivity index (χ3v) is 5.55. The minimum atomic E-state index is -0.0135. The number of rotatable bonds is 2. The van der Waals surface area contributed by atoms with Crippen molar-refractivity contribution in [3.63, 3.8) is 0 Å². The predicted molar refractivity (Wildman–Crippen MR) is 101 cm³/mol. The van der Waals surface area contributed by atoms with E-state index in [1.807, 2.05) is 29.2 Å². The smallest absolute Gasteiger partial charge is 0.232 e. The minimum absolute atomic E-state index is 0.0135. The second-order valence-electron chi connectivity index (χ2n) is 6.98. The number of carbonyl (C=O) groups excluding carboxylic acids is 1. The Kier molecular flexibility index (Phi) is 4.38. The van der Waals surface area contributed by atoms with Gasteiger partial charge < -0.3 is 9.80 Å². The van der Waals surface area contributed by atoms with Crippen molar-refractivity contribution in [1.82, 2.24) is 4.98 Å².